The van der Waals surface area contributed by atoms with Gasteiger partial charge in [-0.3, -0.25) is 9.59 Å². The second kappa shape index (κ2) is 6.33. The van der Waals surface area contributed by atoms with E-state index in [-0.39, 0.29) is 24.9 Å². The van der Waals surface area contributed by atoms with Gasteiger partial charge >= 0.3 is 5.97 Å². The highest BCUT2D eigenvalue weighted by Crippen LogP contribution is 2.31. The van der Waals surface area contributed by atoms with Crippen LogP contribution in [0.2, 0.25) is 0 Å². The van der Waals surface area contributed by atoms with E-state index in [0.29, 0.717) is 21.9 Å². The van der Waals surface area contributed by atoms with Crippen LogP contribution in [-0.2, 0) is 22.4 Å². The zero-order valence-electron chi connectivity index (χ0n) is 13.3. The van der Waals surface area contributed by atoms with Crippen molar-refractivity contribution >= 4 is 34.7 Å². The average molecular weight is 357 g/mol. The molecule has 6 nitrogen and oxygen atoms in total. The lowest BCUT2D eigenvalue weighted by Crippen LogP contribution is -2.25. The molecule has 0 unspecified atom stereocenters. The average Bonchev–Trinajstić information content (AvgIpc) is 3.20. The number of amides is 1. The zero-order chi connectivity index (χ0) is 17.4. The Bertz CT molecular complexity index is 864. The van der Waals surface area contributed by atoms with Crippen LogP contribution in [-0.4, -0.2) is 30.9 Å². The quantitative estimate of drug-likeness (QED) is 0.672. The van der Waals surface area contributed by atoms with Crippen molar-refractivity contribution in [1.82, 2.24) is 0 Å². The highest BCUT2D eigenvalue weighted by Gasteiger charge is 2.21. The minimum absolute atomic E-state index is 0.0390. The van der Waals surface area contributed by atoms with Gasteiger partial charge in [0.25, 0.3) is 5.91 Å². The third kappa shape index (κ3) is 3.15. The monoisotopic (exact) mass is 357 g/mol. The van der Waals surface area contributed by atoms with Gasteiger partial charge in [-0.1, -0.05) is 0 Å². The lowest BCUT2D eigenvalue weighted by Gasteiger charge is -2.18. The van der Waals surface area contributed by atoms with Gasteiger partial charge in [0.1, 0.15) is 10.6 Å². The number of benzene rings is 1. The van der Waals surface area contributed by atoms with Crippen LogP contribution in [0.3, 0.4) is 0 Å². The van der Waals surface area contributed by atoms with E-state index in [4.69, 9.17) is 9.47 Å². The number of thiophene rings is 1. The van der Waals surface area contributed by atoms with Crippen LogP contribution in [0.1, 0.15) is 36.9 Å². The number of aryl methyl sites for hydroxylation is 2. The molecular formula is C18H15NO5S. The maximum absolute atomic E-state index is 12.3. The Morgan fingerprint density at radius 3 is 2.96 bits per heavy atom. The first-order valence-corrected chi connectivity index (χ1v) is 8.80. The summed E-state index contributed by atoms with van der Waals surface area (Å²) < 4.78 is 10.4. The first-order chi connectivity index (χ1) is 12.1. The van der Waals surface area contributed by atoms with Crippen LogP contribution in [0.4, 0.5) is 5.69 Å². The fraction of sp³-hybridized carbons (Fsp3) is 0.278. The van der Waals surface area contributed by atoms with Crippen molar-refractivity contribution < 1.29 is 23.9 Å². The summed E-state index contributed by atoms with van der Waals surface area (Å²) in [5, 5.41) is 2.65. The normalized spacial score (nSPS) is 15.0. The van der Waals surface area contributed by atoms with Crippen LogP contribution >= 0.6 is 11.3 Å². The molecule has 1 aliphatic heterocycles. The van der Waals surface area contributed by atoms with E-state index in [1.165, 1.54) is 27.8 Å². The molecule has 0 fully saturated rings. The van der Waals surface area contributed by atoms with Crippen LogP contribution in [0, 0.1) is 0 Å². The number of hydrogen-bond donors (Lipinski definition) is 1. The Hall–Kier alpha value is -2.67. The largest absolute Gasteiger partial charge is 0.482 e. The van der Waals surface area contributed by atoms with Crippen molar-refractivity contribution in [3.05, 3.63) is 45.1 Å². The highest BCUT2D eigenvalue weighted by atomic mass is 32.1. The standard InChI is InChI=1S/C18H15NO5S/c20-13(10-4-5-14-12(6-10)19-17(21)9-23-14)8-24-18(22)16-7-11-2-1-3-15(11)25-16/h4-7H,1-3,8-9H2,(H,19,21). The van der Waals surface area contributed by atoms with Crippen molar-refractivity contribution in [2.75, 3.05) is 18.5 Å². The number of carbonyl (C=O) groups excluding carboxylic acids is 3. The van der Waals surface area contributed by atoms with Gasteiger partial charge < -0.3 is 14.8 Å². The molecule has 128 valence electrons. The molecule has 0 bridgehead atoms. The van der Waals surface area contributed by atoms with E-state index >= 15 is 0 Å². The molecule has 1 amide bonds. The number of fused-ring (bicyclic) bond motifs is 2. The van der Waals surface area contributed by atoms with E-state index in [1.54, 1.807) is 12.1 Å². The van der Waals surface area contributed by atoms with Crippen LogP contribution in [0.5, 0.6) is 5.75 Å². The number of Topliss-reactive ketones (excluding diaryl/α,β-unsaturated/α-hetero) is 1. The van der Waals surface area contributed by atoms with Crippen molar-refractivity contribution in [2.24, 2.45) is 0 Å². The van der Waals surface area contributed by atoms with Gasteiger partial charge in [0.2, 0.25) is 0 Å². The Kier molecular flexibility index (Phi) is 4.01. The molecule has 2 aromatic rings. The number of carbonyl (C=O) groups is 3. The van der Waals surface area contributed by atoms with Crippen molar-refractivity contribution in [2.45, 2.75) is 19.3 Å². The molecule has 25 heavy (non-hydrogen) atoms. The number of ketones is 1. The number of anilines is 1. The van der Waals surface area contributed by atoms with Gasteiger partial charge in [0.05, 0.1) is 5.69 Å². The Balaban J connectivity index is 1.41. The summed E-state index contributed by atoms with van der Waals surface area (Å²) in [5.41, 5.74) is 2.02. The molecule has 0 spiro atoms. The van der Waals surface area contributed by atoms with E-state index in [2.05, 4.69) is 5.32 Å². The molecule has 0 atom stereocenters. The number of hydrogen-bond acceptors (Lipinski definition) is 6. The van der Waals surface area contributed by atoms with Crippen molar-refractivity contribution in [1.29, 1.82) is 0 Å². The predicted octanol–water partition coefficient (Wildman–Crippen LogP) is 2.61. The summed E-state index contributed by atoms with van der Waals surface area (Å²) in [6, 6.07) is 6.60. The Morgan fingerprint density at radius 1 is 1.24 bits per heavy atom. The minimum Gasteiger partial charge on any atom is -0.482 e. The molecule has 1 aliphatic carbocycles. The smallest absolute Gasteiger partial charge is 0.348 e. The molecule has 1 aromatic heterocycles. The third-order valence-electron chi connectivity index (χ3n) is 4.22. The van der Waals surface area contributed by atoms with E-state index in [9.17, 15) is 14.4 Å². The van der Waals surface area contributed by atoms with Crippen molar-refractivity contribution in [3.63, 3.8) is 0 Å². The summed E-state index contributed by atoms with van der Waals surface area (Å²) >= 11 is 1.45. The summed E-state index contributed by atoms with van der Waals surface area (Å²) in [6.07, 6.45) is 3.14. The Labute approximate surface area is 147 Å². The first-order valence-electron chi connectivity index (χ1n) is 7.99. The molecular weight excluding hydrogens is 342 g/mol. The molecule has 2 aliphatic rings. The topological polar surface area (TPSA) is 81.7 Å². The molecule has 4 rings (SSSR count). The second-order valence-electron chi connectivity index (χ2n) is 5.96. The first kappa shape index (κ1) is 15.8. The highest BCUT2D eigenvalue weighted by molar-refractivity contribution is 7.14. The summed E-state index contributed by atoms with van der Waals surface area (Å²) in [7, 11) is 0. The maximum Gasteiger partial charge on any atom is 0.348 e. The molecule has 2 heterocycles. The molecule has 1 aromatic carbocycles. The molecule has 1 N–H and O–H groups in total. The number of nitrogens with one attached hydrogen (secondary N) is 1. The fourth-order valence-electron chi connectivity index (χ4n) is 2.97. The number of ether oxygens (including phenoxy) is 2. The van der Waals surface area contributed by atoms with Gasteiger partial charge in [-0.15, -0.1) is 11.3 Å². The fourth-order valence-corrected chi connectivity index (χ4v) is 4.12. The lowest BCUT2D eigenvalue weighted by atomic mass is 10.1. The van der Waals surface area contributed by atoms with Gasteiger partial charge in [0.15, 0.2) is 19.0 Å². The van der Waals surface area contributed by atoms with E-state index in [1.807, 2.05) is 6.07 Å². The van der Waals surface area contributed by atoms with Crippen LogP contribution in [0.15, 0.2) is 24.3 Å². The summed E-state index contributed by atoms with van der Waals surface area (Å²) in [5.74, 6) is -0.557. The van der Waals surface area contributed by atoms with Crippen LogP contribution < -0.4 is 10.1 Å². The lowest BCUT2D eigenvalue weighted by molar-refractivity contribution is -0.118. The van der Waals surface area contributed by atoms with E-state index in [0.717, 1.165) is 19.3 Å². The second-order valence-corrected chi connectivity index (χ2v) is 7.10. The zero-order valence-corrected chi connectivity index (χ0v) is 14.1. The molecule has 0 radical (unpaired) electrons. The molecule has 7 heteroatoms. The SMILES string of the molecule is O=C1COc2ccc(C(=O)COC(=O)c3cc4c(s3)CCC4)cc2N1. The van der Waals surface area contributed by atoms with Gasteiger partial charge in [-0.05, 0) is 49.1 Å². The summed E-state index contributed by atoms with van der Waals surface area (Å²) in [4.78, 5) is 37.5. The van der Waals surface area contributed by atoms with Crippen molar-refractivity contribution in [3.8, 4) is 5.75 Å². The third-order valence-corrected chi connectivity index (χ3v) is 5.43. The van der Waals surface area contributed by atoms with Gasteiger partial charge in [-0.2, -0.15) is 0 Å². The molecule has 0 saturated carbocycles. The molecule has 0 saturated heterocycles. The van der Waals surface area contributed by atoms with E-state index < -0.39 is 5.97 Å². The predicted molar refractivity (Wildman–Crippen MR) is 91.5 cm³/mol. The van der Waals surface area contributed by atoms with Crippen LogP contribution in [0.25, 0.3) is 0 Å². The Morgan fingerprint density at radius 2 is 2.12 bits per heavy atom. The van der Waals surface area contributed by atoms with Gasteiger partial charge in [0, 0.05) is 10.4 Å². The van der Waals surface area contributed by atoms with Gasteiger partial charge in [-0.25, -0.2) is 4.79 Å². The maximum atomic E-state index is 12.3. The number of rotatable bonds is 4. The minimum atomic E-state index is -0.470. The number of esters is 1. The summed E-state index contributed by atoms with van der Waals surface area (Å²) in [6.45, 7) is -0.377.